The third-order valence-corrected chi connectivity index (χ3v) is 7.83. The third kappa shape index (κ3) is 6.63. The van der Waals surface area contributed by atoms with Crippen molar-refractivity contribution in [3.8, 4) is 5.75 Å². The Balaban J connectivity index is 1.53. The molecule has 0 radical (unpaired) electrons. The van der Waals surface area contributed by atoms with Gasteiger partial charge in [-0.1, -0.05) is 0 Å². The van der Waals surface area contributed by atoms with Gasteiger partial charge in [0.25, 0.3) is 5.91 Å². The van der Waals surface area contributed by atoms with Gasteiger partial charge < -0.3 is 19.7 Å². The molecule has 1 saturated heterocycles. The molecular formula is C29H31N3O5S2. The van der Waals surface area contributed by atoms with Crippen LogP contribution in [0.3, 0.4) is 0 Å². The lowest BCUT2D eigenvalue weighted by Gasteiger charge is -2.24. The number of thiocarbonyl (C=S) groups is 1. The topological polar surface area (TPSA) is 88.2 Å². The van der Waals surface area contributed by atoms with Crippen molar-refractivity contribution in [3.63, 3.8) is 0 Å². The summed E-state index contributed by atoms with van der Waals surface area (Å²) < 4.78 is 10.5. The average Bonchev–Trinajstić information content (AvgIpc) is 3.43. The van der Waals surface area contributed by atoms with Gasteiger partial charge in [-0.3, -0.25) is 14.5 Å². The molecule has 8 nitrogen and oxygen atoms in total. The number of carbonyl (C=O) groups excluding carboxylic acids is 3. The number of esters is 1. The highest BCUT2D eigenvalue weighted by Gasteiger charge is 2.44. The van der Waals surface area contributed by atoms with Gasteiger partial charge in [-0.15, -0.1) is 11.3 Å². The summed E-state index contributed by atoms with van der Waals surface area (Å²) in [5.41, 5.74) is 2.72. The maximum absolute atomic E-state index is 13.7. The van der Waals surface area contributed by atoms with Crippen LogP contribution in [0.4, 0.5) is 11.4 Å². The van der Waals surface area contributed by atoms with Gasteiger partial charge in [0.15, 0.2) is 5.11 Å². The number of hydrogen-bond donors (Lipinski definition) is 1. The molecule has 204 valence electrons. The van der Waals surface area contributed by atoms with Gasteiger partial charge in [0.05, 0.1) is 30.9 Å². The van der Waals surface area contributed by atoms with Crippen LogP contribution in [-0.2, 0) is 20.7 Å². The summed E-state index contributed by atoms with van der Waals surface area (Å²) in [4.78, 5) is 43.3. The lowest BCUT2D eigenvalue weighted by molar-refractivity contribution is -0.124. The van der Waals surface area contributed by atoms with E-state index in [-0.39, 0.29) is 24.8 Å². The van der Waals surface area contributed by atoms with Gasteiger partial charge in [0, 0.05) is 17.1 Å². The van der Waals surface area contributed by atoms with Crippen LogP contribution in [0, 0.1) is 6.92 Å². The SMILES string of the molecule is CCOC(=O)c1ccc(N2C(=O)[C@@H](CC(=O)Nc3ccc(OCC)cc3)N(CCc3sccc3C)C2=S)cc1. The summed E-state index contributed by atoms with van der Waals surface area (Å²) in [6, 6.07) is 14.9. The van der Waals surface area contributed by atoms with Crippen LogP contribution in [0.1, 0.15) is 41.1 Å². The molecule has 1 N–H and O–H groups in total. The first kappa shape index (κ1) is 28.3. The van der Waals surface area contributed by atoms with Crippen molar-refractivity contribution in [1.29, 1.82) is 0 Å². The van der Waals surface area contributed by atoms with E-state index in [1.807, 2.05) is 17.2 Å². The van der Waals surface area contributed by atoms with Crippen LogP contribution < -0.4 is 15.0 Å². The summed E-state index contributed by atoms with van der Waals surface area (Å²) in [5.74, 6) is -0.298. The van der Waals surface area contributed by atoms with Crippen molar-refractivity contribution in [2.75, 3.05) is 30.0 Å². The Morgan fingerprint density at radius 1 is 1.03 bits per heavy atom. The van der Waals surface area contributed by atoms with E-state index in [9.17, 15) is 14.4 Å². The number of benzene rings is 2. The number of amides is 2. The van der Waals surface area contributed by atoms with E-state index in [4.69, 9.17) is 21.7 Å². The lowest BCUT2D eigenvalue weighted by atomic mass is 10.1. The van der Waals surface area contributed by atoms with Gasteiger partial charge >= 0.3 is 5.97 Å². The Morgan fingerprint density at radius 3 is 2.36 bits per heavy atom. The summed E-state index contributed by atoms with van der Waals surface area (Å²) in [6.45, 7) is 7.02. The van der Waals surface area contributed by atoms with Crippen molar-refractivity contribution in [2.24, 2.45) is 0 Å². The fraction of sp³-hybridized carbons (Fsp3) is 0.310. The number of thiophene rings is 1. The standard InChI is InChI=1S/C29H31N3O5S2/c1-4-36-23-12-8-21(9-13-23)30-26(33)18-24-27(34)32(22-10-6-20(7-11-22)28(35)37-5-2)29(38)31(24)16-14-25-19(3)15-17-39-25/h6-13,15,17,24H,4-5,14,16,18H2,1-3H3,(H,30,33)/t24-/m1/s1. The van der Waals surface area contributed by atoms with Crippen molar-refractivity contribution < 1.29 is 23.9 Å². The summed E-state index contributed by atoms with van der Waals surface area (Å²) in [5, 5.41) is 5.24. The van der Waals surface area contributed by atoms with E-state index < -0.39 is 12.0 Å². The van der Waals surface area contributed by atoms with Crippen molar-refractivity contribution in [2.45, 2.75) is 39.7 Å². The molecule has 39 heavy (non-hydrogen) atoms. The molecule has 1 aliphatic heterocycles. The summed E-state index contributed by atoms with van der Waals surface area (Å²) in [7, 11) is 0. The van der Waals surface area contributed by atoms with Crippen LogP contribution in [0.5, 0.6) is 5.75 Å². The minimum absolute atomic E-state index is 0.0625. The minimum atomic E-state index is -0.759. The average molecular weight is 566 g/mol. The van der Waals surface area contributed by atoms with Gasteiger partial charge in [0.2, 0.25) is 5.91 Å². The highest BCUT2D eigenvalue weighted by Crippen LogP contribution is 2.29. The third-order valence-electron chi connectivity index (χ3n) is 6.33. The number of aryl methyl sites for hydroxylation is 1. The molecule has 1 aliphatic rings. The largest absolute Gasteiger partial charge is 0.494 e. The molecule has 2 amide bonds. The van der Waals surface area contributed by atoms with Crippen LogP contribution in [-0.4, -0.2) is 53.6 Å². The van der Waals surface area contributed by atoms with Gasteiger partial charge in [-0.05, 0) is 105 Å². The number of anilines is 2. The first-order valence-electron chi connectivity index (χ1n) is 12.8. The molecule has 0 bridgehead atoms. The molecule has 0 spiro atoms. The molecule has 1 atom stereocenters. The zero-order chi connectivity index (χ0) is 27.9. The van der Waals surface area contributed by atoms with E-state index >= 15 is 0 Å². The zero-order valence-corrected chi connectivity index (χ0v) is 23.8. The Hall–Kier alpha value is -3.76. The molecule has 2 heterocycles. The monoisotopic (exact) mass is 565 g/mol. The molecule has 3 aromatic rings. The summed E-state index contributed by atoms with van der Waals surface area (Å²) >= 11 is 7.43. The first-order chi connectivity index (χ1) is 18.8. The Bertz CT molecular complexity index is 1340. The molecule has 1 aromatic heterocycles. The van der Waals surface area contributed by atoms with Crippen LogP contribution in [0.2, 0.25) is 0 Å². The van der Waals surface area contributed by atoms with Crippen LogP contribution in [0.15, 0.2) is 60.0 Å². The first-order valence-corrected chi connectivity index (χ1v) is 14.1. The fourth-order valence-corrected chi connectivity index (χ4v) is 5.67. The van der Waals surface area contributed by atoms with E-state index in [0.717, 1.165) is 0 Å². The number of ether oxygens (including phenoxy) is 2. The Labute approximate surface area is 237 Å². The maximum Gasteiger partial charge on any atom is 0.338 e. The maximum atomic E-state index is 13.7. The second-order valence-electron chi connectivity index (χ2n) is 8.92. The summed E-state index contributed by atoms with van der Waals surface area (Å²) in [6.07, 6.45) is 0.635. The number of carbonyl (C=O) groups is 3. The zero-order valence-electron chi connectivity index (χ0n) is 22.1. The Morgan fingerprint density at radius 2 is 1.74 bits per heavy atom. The highest BCUT2D eigenvalue weighted by molar-refractivity contribution is 7.80. The second kappa shape index (κ2) is 12.9. The molecule has 0 saturated carbocycles. The smallest absolute Gasteiger partial charge is 0.338 e. The van der Waals surface area contributed by atoms with E-state index in [1.165, 1.54) is 15.3 Å². The van der Waals surface area contributed by atoms with E-state index in [0.29, 0.717) is 47.4 Å². The highest BCUT2D eigenvalue weighted by atomic mass is 32.1. The van der Waals surface area contributed by atoms with Gasteiger partial charge in [0.1, 0.15) is 11.8 Å². The van der Waals surface area contributed by atoms with Crippen LogP contribution in [0.25, 0.3) is 0 Å². The molecule has 4 rings (SSSR count). The molecular weight excluding hydrogens is 534 g/mol. The van der Waals surface area contributed by atoms with Gasteiger partial charge in [-0.2, -0.15) is 0 Å². The van der Waals surface area contributed by atoms with E-state index in [2.05, 4.69) is 18.3 Å². The van der Waals surface area contributed by atoms with Crippen molar-refractivity contribution in [1.82, 2.24) is 4.90 Å². The predicted octanol–water partition coefficient (Wildman–Crippen LogP) is 5.21. The van der Waals surface area contributed by atoms with Gasteiger partial charge in [-0.25, -0.2) is 4.79 Å². The Kier molecular flexibility index (Phi) is 9.32. The second-order valence-corrected chi connectivity index (χ2v) is 10.3. The normalized spacial score (nSPS) is 15.0. The molecule has 10 heteroatoms. The molecule has 2 aromatic carbocycles. The van der Waals surface area contributed by atoms with Crippen molar-refractivity contribution >= 4 is 57.8 Å². The fourth-order valence-electron chi connectivity index (χ4n) is 4.36. The molecule has 1 fully saturated rings. The van der Waals surface area contributed by atoms with Crippen molar-refractivity contribution in [3.05, 3.63) is 76.0 Å². The number of nitrogens with one attached hydrogen (secondary N) is 1. The predicted molar refractivity (Wildman–Crippen MR) is 157 cm³/mol. The minimum Gasteiger partial charge on any atom is -0.494 e. The van der Waals surface area contributed by atoms with E-state index in [1.54, 1.807) is 66.8 Å². The van der Waals surface area contributed by atoms with Crippen LogP contribution >= 0.6 is 23.6 Å². The number of rotatable bonds is 11. The molecule has 0 aliphatic carbocycles. The molecule has 0 unspecified atom stereocenters. The number of nitrogens with zero attached hydrogens (tertiary/aromatic N) is 2. The quantitative estimate of drug-likeness (QED) is 0.252. The lowest BCUT2D eigenvalue weighted by Crippen LogP contribution is -2.39. The number of hydrogen-bond acceptors (Lipinski definition) is 7.